The summed E-state index contributed by atoms with van der Waals surface area (Å²) in [5.41, 5.74) is 0. The summed E-state index contributed by atoms with van der Waals surface area (Å²) in [5.74, 6) is 1.64. The van der Waals surface area contributed by atoms with Gasteiger partial charge in [-0.05, 0) is 30.8 Å². The maximum atomic E-state index is 11.0. The van der Waals surface area contributed by atoms with Gasteiger partial charge in [-0.25, -0.2) is 0 Å². The molecule has 0 radical (unpaired) electrons. The molecule has 1 rings (SSSR count). The van der Waals surface area contributed by atoms with E-state index < -0.39 is 5.97 Å². The van der Waals surface area contributed by atoms with Gasteiger partial charge in [0.25, 0.3) is 0 Å². The van der Waals surface area contributed by atoms with Crippen LogP contribution in [0.1, 0.15) is 39.0 Å². The molecule has 1 atom stereocenters. The summed E-state index contributed by atoms with van der Waals surface area (Å²) in [6, 6.07) is 0.0854. The van der Waals surface area contributed by atoms with E-state index >= 15 is 0 Å². The van der Waals surface area contributed by atoms with Gasteiger partial charge in [0.15, 0.2) is 0 Å². The van der Waals surface area contributed by atoms with Crippen LogP contribution in [0.25, 0.3) is 0 Å². The highest BCUT2D eigenvalue weighted by atomic mass is 32.2. The Morgan fingerprint density at radius 1 is 1.53 bits per heavy atom. The third-order valence-electron chi connectivity index (χ3n) is 2.80. The predicted octanol–water partition coefficient (Wildman–Crippen LogP) is 2.11. The lowest BCUT2D eigenvalue weighted by atomic mass is 10.1. The largest absolute Gasteiger partial charge is 0.480 e. The van der Waals surface area contributed by atoms with Crippen molar-refractivity contribution in [2.45, 2.75) is 51.1 Å². The number of hydrogen-bond acceptors (Lipinski definition) is 3. The van der Waals surface area contributed by atoms with Crippen molar-refractivity contribution in [3.63, 3.8) is 0 Å². The number of aliphatic carboxylic acids is 1. The molecule has 1 saturated heterocycles. The van der Waals surface area contributed by atoms with E-state index in [0.29, 0.717) is 6.04 Å². The highest BCUT2D eigenvalue weighted by Gasteiger charge is 2.22. The molecular weight excluding hydrogens is 210 g/mol. The van der Waals surface area contributed by atoms with Crippen molar-refractivity contribution in [2.75, 3.05) is 11.5 Å². The fraction of sp³-hybridized carbons (Fsp3) is 0.909. The molecule has 1 fully saturated rings. The van der Waals surface area contributed by atoms with Crippen LogP contribution in [-0.2, 0) is 4.79 Å². The molecule has 1 unspecified atom stereocenters. The summed E-state index contributed by atoms with van der Waals surface area (Å²) >= 11 is 1.96. The zero-order valence-electron chi connectivity index (χ0n) is 9.37. The Morgan fingerprint density at radius 3 is 2.73 bits per heavy atom. The van der Waals surface area contributed by atoms with Crippen LogP contribution in [0.4, 0.5) is 0 Å². The zero-order chi connectivity index (χ0) is 11.1. The minimum Gasteiger partial charge on any atom is -0.480 e. The van der Waals surface area contributed by atoms with Crippen LogP contribution in [0.15, 0.2) is 0 Å². The average molecular weight is 231 g/mol. The summed E-state index contributed by atoms with van der Waals surface area (Å²) < 4.78 is 0. The molecular formula is C11H21NO2S. The van der Waals surface area contributed by atoms with Gasteiger partial charge in [-0.15, -0.1) is 0 Å². The number of carboxylic acids is 1. The van der Waals surface area contributed by atoms with E-state index in [2.05, 4.69) is 12.2 Å². The Balaban J connectivity index is 2.31. The average Bonchev–Trinajstić information content (AvgIpc) is 2.25. The Bertz CT molecular complexity index is 193. The van der Waals surface area contributed by atoms with Crippen molar-refractivity contribution in [3.8, 4) is 0 Å². The second-order valence-corrected chi connectivity index (χ2v) is 5.31. The lowest BCUT2D eigenvalue weighted by Gasteiger charge is -2.26. The van der Waals surface area contributed by atoms with Gasteiger partial charge in [-0.1, -0.05) is 19.8 Å². The Hall–Kier alpha value is -0.220. The lowest BCUT2D eigenvalue weighted by Crippen LogP contribution is -2.44. The summed E-state index contributed by atoms with van der Waals surface area (Å²) in [7, 11) is 0. The smallest absolute Gasteiger partial charge is 0.320 e. The van der Waals surface area contributed by atoms with E-state index in [1.807, 2.05) is 11.8 Å². The maximum Gasteiger partial charge on any atom is 0.320 e. The molecule has 0 aromatic heterocycles. The first-order valence-electron chi connectivity index (χ1n) is 5.80. The van der Waals surface area contributed by atoms with E-state index in [9.17, 15) is 4.79 Å². The van der Waals surface area contributed by atoms with Crippen LogP contribution in [0.3, 0.4) is 0 Å². The molecule has 4 heteroatoms. The molecule has 1 heterocycles. The Kier molecular flexibility index (Phi) is 6.10. The maximum absolute atomic E-state index is 11.0. The fourth-order valence-electron chi connectivity index (χ4n) is 1.84. The second-order valence-electron chi connectivity index (χ2n) is 4.09. The quantitative estimate of drug-likeness (QED) is 0.735. The molecule has 88 valence electrons. The minimum atomic E-state index is -0.693. The van der Waals surface area contributed by atoms with E-state index in [4.69, 9.17) is 5.11 Å². The molecule has 1 aliphatic rings. The Labute approximate surface area is 96.0 Å². The van der Waals surface area contributed by atoms with Crippen LogP contribution < -0.4 is 5.32 Å². The third kappa shape index (κ3) is 4.89. The van der Waals surface area contributed by atoms with Gasteiger partial charge in [-0.3, -0.25) is 4.79 Å². The van der Waals surface area contributed by atoms with Crippen molar-refractivity contribution in [2.24, 2.45) is 0 Å². The first-order valence-corrected chi connectivity index (χ1v) is 6.96. The summed E-state index contributed by atoms with van der Waals surface area (Å²) in [6.07, 6.45) is 5.04. The highest BCUT2D eigenvalue weighted by molar-refractivity contribution is 7.99. The molecule has 0 saturated carbocycles. The molecule has 0 bridgehead atoms. The van der Waals surface area contributed by atoms with Crippen molar-refractivity contribution in [3.05, 3.63) is 0 Å². The zero-order valence-corrected chi connectivity index (χ0v) is 10.2. The van der Waals surface area contributed by atoms with E-state index in [-0.39, 0.29) is 6.04 Å². The molecule has 3 nitrogen and oxygen atoms in total. The summed E-state index contributed by atoms with van der Waals surface area (Å²) in [5, 5.41) is 12.3. The predicted molar refractivity (Wildman–Crippen MR) is 64.4 cm³/mol. The molecule has 0 amide bonds. The van der Waals surface area contributed by atoms with Crippen molar-refractivity contribution in [1.29, 1.82) is 0 Å². The monoisotopic (exact) mass is 231 g/mol. The SMILES string of the molecule is CCCCC(NC1CCSCC1)C(=O)O. The Morgan fingerprint density at radius 2 is 2.20 bits per heavy atom. The number of unbranched alkanes of at least 4 members (excludes halogenated alkanes) is 1. The number of carbonyl (C=O) groups is 1. The van der Waals surface area contributed by atoms with Gasteiger partial charge in [0, 0.05) is 6.04 Å². The topological polar surface area (TPSA) is 49.3 Å². The molecule has 2 N–H and O–H groups in total. The minimum absolute atomic E-state index is 0.335. The standard InChI is InChI=1S/C11H21NO2S/c1-2-3-4-10(11(13)14)12-9-5-7-15-8-6-9/h9-10,12H,2-8H2,1H3,(H,13,14). The number of thioether (sulfide) groups is 1. The van der Waals surface area contributed by atoms with Gasteiger partial charge in [0.2, 0.25) is 0 Å². The first kappa shape index (κ1) is 12.8. The number of hydrogen-bond donors (Lipinski definition) is 2. The van der Waals surface area contributed by atoms with Gasteiger partial charge in [0.05, 0.1) is 0 Å². The van der Waals surface area contributed by atoms with Gasteiger partial charge in [-0.2, -0.15) is 11.8 Å². The van der Waals surface area contributed by atoms with Crippen molar-refractivity contribution in [1.82, 2.24) is 5.32 Å². The van der Waals surface area contributed by atoms with Crippen LogP contribution >= 0.6 is 11.8 Å². The van der Waals surface area contributed by atoms with Crippen LogP contribution in [0.5, 0.6) is 0 Å². The molecule has 15 heavy (non-hydrogen) atoms. The van der Waals surface area contributed by atoms with Crippen LogP contribution in [0, 0.1) is 0 Å². The van der Waals surface area contributed by atoms with Crippen molar-refractivity contribution < 1.29 is 9.90 Å². The molecule has 1 aliphatic heterocycles. The second kappa shape index (κ2) is 7.12. The van der Waals surface area contributed by atoms with Gasteiger partial charge >= 0.3 is 5.97 Å². The highest BCUT2D eigenvalue weighted by Crippen LogP contribution is 2.18. The van der Waals surface area contributed by atoms with Crippen LogP contribution in [-0.4, -0.2) is 34.7 Å². The first-order chi connectivity index (χ1) is 7.24. The number of nitrogens with one attached hydrogen (secondary N) is 1. The number of rotatable bonds is 6. The van der Waals surface area contributed by atoms with Gasteiger partial charge < -0.3 is 10.4 Å². The van der Waals surface area contributed by atoms with E-state index in [1.165, 1.54) is 0 Å². The van der Waals surface area contributed by atoms with E-state index in [1.54, 1.807) is 0 Å². The summed E-state index contributed by atoms with van der Waals surface area (Å²) in [4.78, 5) is 11.0. The normalized spacial score (nSPS) is 20.1. The fourth-order valence-corrected chi connectivity index (χ4v) is 2.94. The molecule has 0 aromatic rings. The lowest BCUT2D eigenvalue weighted by molar-refractivity contribution is -0.140. The van der Waals surface area contributed by atoms with Crippen molar-refractivity contribution >= 4 is 17.7 Å². The summed E-state index contributed by atoms with van der Waals surface area (Å²) in [6.45, 7) is 2.09. The molecule has 0 aliphatic carbocycles. The number of carboxylic acid groups (broad SMARTS) is 1. The van der Waals surface area contributed by atoms with Crippen LogP contribution in [0.2, 0.25) is 0 Å². The molecule has 0 spiro atoms. The third-order valence-corrected chi connectivity index (χ3v) is 3.85. The van der Waals surface area contributed by atoms with E-state index in [0.717, 1.165) is 43.6 Å². The molecule has 0 aromatic carbocycles. The van der Waals surface area contributed by atoms with Gasteiger partial charge in [0.1, 0.15) is 6.04 Å².